The molecule has 25 heavy (non-hydrogen) atoms. The molecule has 6 heteroatoms. The minimum absolute atomic E-state index is 0.00686. The average Bonchev–Trinajstić information content (AvgIpc) is 2.89. The van der Waals surface area contributed by atoms with Gasteiger partial charge in [0.05, 0.1) is 11.3 Å². The van der Waals surface area contributed by atoms with Crippen LogP contribution in [0, 0.1) is 6.92 Å². The summed E-state index contributed by atoms with van der Waals surface area (Å²) in [5.41, 5.74) is 2.73. The van der Waals surface area contributed by atoms with E-state index in [-0.39, 0.29) is 17.8 Å². The van der Waals surface area contributed by atoms with Crippen LogP contribution < -0.4 is 0 Å². The maximum absolute atomic E-state index is 12.5. The Hall–Kier alpha value is -2.63. The third-order valence-corrected chi connectivity index (χ3v) is 4.34. The zero-order valence-electron chi connectivity index (χ0n) is 14.5. The first-order valence-corrected chi connectivity index (χ1v) is 8.48. The number of Topliss-reactive ketones (excluding diaryl/α,β-unsaturated/α-hetero) is 1. The molecule has 1 aromatic carbocycles. The first kappa shape index (κ1) is 18.7. The average molecular weight is 345 g/mol. The highest BCUT2D eigenvalue weighted by molar-refractivity contribution is 6.04. The van der Waals surface area contributed by atoms with E-state index in [4.69, 9.17) is 5.11 Å². The van der Waals surface area contributed by atoms with Crippen molar-refractivity contribution in [3.8, 4) is 0 Å². The number of fused-ring (bicyclic) bond motifs is 1. The SMILES string of the molecule is CCCCC(=O)c1[nH]c2cc(C)c(C(=O)O)cc2c1CCCC(=O)O. The lowest BCUT2D eigenvalue weighted by molar-refractivity contribution is -0.137. The number of aromatic nitrogens is 1. The standard InChI is InChI=1S/C19H23NO5/c1-3-4-7-16(21)18-12(6-5-8-17(22)23)14-10-13(19(24)25)11(2)9-15(14)20-18/h9-10,20H,3-8H2,1-2H3,(H,22,23)(H,24,25). The van der Waals surface area contributed by atoms with Gasteiger partial charge in [0.2, 0.25) is 0 Å². The van der Waals surface area contributed by atoms with Crippen LogP contribution in [0.25, 0.3) is 10.9 Å². The summed E-state index contributed by atoms with van der Waals surface area (Å²) in [6.45, 7) is 3.72. The summed E-state index contributed by atoms with van der Waals surface area (Å²) in [7, 11) is 0. The van der Waals surface area contributed by atoms with Gasteiger partial charge in [-0.2, -0.15) is 0 Å². The second-order valence-corrected chi connectivity index (χ2v) is 6.27. The Labute approximate surface area is 145 Å². The number of carbonyl (C=O) groups is 3. The molecule has 0 saturated carbocycles. The van der Waals surface area contributed by atoms with Crippen molar-refractivity contribution >= 4 is 28.6 Å². The van der Waals surface area contributed by atoms with Crippen LogP contribution in [-0.4, -0.2) is 32.9 Å². The van der Waals surface area contributed by atoms with Gasteiger partial charge in [-0.05, 0) is 49.4 Å². The van der Waals surface area contributed by atoms with Crippen LogP contribution in [0.15, 0.2) is 12.1 Å². The summed E-state index contributed by atoms with van der Waals surface area (Å²) in [6.07, 6.45) is 2.92. The molecule has 3 N–H and O–H groups in total. The van der Waals surface area contributed by atoms with Crippen LogP contribution in [0.4, 0.5) is 0 Å². The number of carboxylic acid groups (broad SMARTS) is 2. The number of rotatable bonds is 9. The van der Waals surface area contributed by atoms with E-state index >= 15 is 0 Å². The Morgan fingerprint density at radius 3 is 2.40 bits per heavy atom. The van der Waals surface area contributed by atoms with Gasteiger partial charge in [0.25, 0.3) is 0 Å². The minimum Gasteiger partial charge on any atom is -0.481 e. The van der Waals surface area contributed by atoms with Gasteiger partial charge in [-0.15, -0.1) is 0 Å². The van der Waals surface area contributed by atoms with Crippen molar-refractivity contribution in [2.24, 2.45) is 0 Å². The van der Waals surface area contributed by atoms with E-state index in [1.165, 1.54) is 0 Å². The summed E-state index contributed by atoms with van der Waals surface area (Å²) in [4.78, 5) is 37.9. The van der Waals surface area contributed by atoms with Gasteiger partial charge in [0, 0.05) is 23.7 Å². The molecule has 0 aliphatic heterocycles. The first-order valence-electron chi connectivity index (χ1n) is 8.48. The number of ketones is 1. The number of hydrogen-bond donors (Lipinski definition) is 3. The fourth-order valence-electron chi connectivity index (χ4n) is 3.01. The first-order chi connectivity index (χ1) is 11.8. The molecule has 0 bridgehead atoms. The van der Waals surface area contributed by atoms with Crippen LogP contribution in [0.5, 0.6) is 0 Å². The van der Waals surface area contributed by atoms with Crippen LogP contribution >= 0.6 is 0 Å². The molecule has 0 fully saturated rings. The topological polar surface area (TPSA) is 107 Å². The second kappa shape index (κ2) is 7.96. The Balaban J connectivity index is 2.51. The zero-order chi connectivity index (χ0) is 18.6. The molecular weight excluding hydrogens is 322 g/mol. The Morgan fingerprint density at radius 1 is 1.08 bits per heavy atom. The lowest BCUT2D eigenvalue weighted by Gasteiger charge is -2.05. The summed E-state index contributed by atoms with van der Waals surface area (Å²) >= 11 is 0. The van der Waals surface area contributed by atoms with Crippen molar-refractivity contribution < 1.29 is 24.6 Å². The minimum atomic E-state index is -1.02. The van der Waals surface area contributed by atoms with Gasteiger partial charge in [-0.1, -0.05) is 13.3 Å². The maximum Gasteiger partial charge on any atom is 0.335 e. The van der Waals surface area contributed by atoms with Crippen molar-refractivity contribution in [3.63, 3.8) is 0 Å². The van der Waals surface area contributed by atoms with Gasteiger partial charge in [-0.25, -0.2) is 4.79 Å². The number of aryl methyl sites for hydroxylation is 2. The predicted molar refractivity (Wildman–Crippen MR) is 94.4 cm³/mol. The highest BCUT2D eigenvalue weighted by atomic mass is 16.4. The fraction of sp³-hybridized carbons (Fsp3) is 0.421. The Kier molecular flexibility index (Phi) is 5.96. The van der Waals surface area contributed by atoms with Gasteiger partial charge in [-0.3, -0.25) is 9.59 Å². The van der Waals surface area contributed by atoms with Crippen molar-refractivity contribution in [1.82, 2.24) is 4.98 Å². The second-order valence-electron chi connectivity index (χ2n) is 6.27. The van der Waals surface area contributed by atoms with Crippen LogP contribution in [-0.2, 0) is 11.2 Å². The van der Waals surface area contributed by atoms with Gasteiger partial charge in [0.15, 0.2) is 5.78 Å². The number of carbonyl (C=O) groups excluding carboxylic acids is 1. The molecule has 0 radical (unpaired) electrons. The summed E-state index contributed by atoms with van der Waals surface area (Å²) in [5, 5.41) is 18.9. The molecule has 0 saturated heterocycles. The number of hydrogen-bond acceptors (Lipinski definition) is 3. The monoisotopic (exact) mass is 345 g/mol. The molecule has 1 heterocycles. The highest BCUT2D eigenvalue weighted by Crippen LogP contribution is 2.28. The van der Waals surface area contributed by atoms with Crippen molar-refractivity contribution in [2.75, 3.05) is 0 Å². The molecule has 0 aliphatic carbocycles. The molecular formula is C19H23NO5. The number of aromatic amines is 1. The molecule has 0 amide bonds. The largest absolute Gasteiger partial charge is 0.481 e. The normalized spacial score (nSPS) is 11.0. The van der Waals surface area contributed by atoms with Crippen molar-refractivity contribution in [1.29, 1.82) is 0 Å². The molecule has 0 unspecified atom stereocenters. The number of unbranched alkanes of at least 4 members (excludes halogenated alkanes) is 1. The van der Waals surface area contributed by atoms with Crippen LogP contribution in [0.3, 0.4) is 0 Å². The fourth-order valence-corrected chi connectivity index (χ4v) is 3.01. The van der Waals surface area contributed by atoms with E-state index in [9.17, 15) is 19.5 Å². The van der Waals surface area contributed by atoms with E-state index in [2.05, 4.69) is 4.98 Å². The third kappa shape index (κ3) is 4.26. The number of aliphatic carboxylic acids is 1. The third-order valence-electron chi connectivity index (χ3n) is 4.34. The number of aromatic carboxylic acids is 1. The number of nitrogens with one attached hydrogen (secondary N) is 1. The molecule has 1 aromatic heterocycles. The Bertz CT molecular complexity index is 819. The molecule has 2 rings (SSSR count). The number of H-pyrrole nitrogens is 1. The van der Waals surface area contributed by atoms with E-state index in [1.54, 1.807) is 19.1 Å². The summed E-state index contributed by atoms with van der Waals surface area (Å²) < 4.78 is 0. The lowest BCUT2D eigenvalue weighted by atomic mass is 9.98. The quantitative estimate of drug-likeness (QED) is 0.596. The van der Waals surface area contributed by atoms with Crippen molar-refractivity contribution in [2.45, 2.75) is 52.4 Å². The lowest BCUT2D eigenvalue weighted by Crippen LogP contribution is -2.04. The molecule has 0 aliphatic rings. The highest BCUT2D eigenvalue weighted by Gasteiger charge is 2.20. The van der Waals surface area contributed by atoms with E-state index in [0.29, 0.717) is 41.4 Å². The summed E-state index contributed by atoms with van der Waals surface area (Å²) in [6, 6.07) is 3.31. The van der Waals surface area contributed by atoms with Crippen LogP contribution in [0.2, 0.25) is 0 Å². The van der Waals surface area contributed by atoms with Crippen LogP contribution in [0.1, 0.15) is 71.0 Å². The molecule has 0 atom stereocenters. The summed E-state index contributed by atoms with van der Waals surface area (Å²) in [5.74, 6) is -1.92. The van der Waals surface area contributed by atoms with Gasteiger partial charge >= 0.3 is 11.9 Å². The predicted octanol–water partition coefficient (Wildman–Crippen LogP) is 3.95. The van der Waals surface area contributed by atoms with Gasteiger partial charge < -0.3 is 15.2 Å². The number of benzene rings is 1. The number of carboxylic acids is 2. The Morgan fingerprint density at radius 2 is 1.80 bits per heavy atom. The maximum atomic E-state index is 12.5. The van der Waals surface area contributed by atoms with E-state index in [1.807, 2.05) is 6.92 Å². The molecule has 0 spiro atoms. The molecule has 6 nitrogen and oxygen atoms in total. The zero-order valence-corrected chi connectivity index (χ0v) is 14.5. The van der Waals surface area contributed by atoms with Gasteiger partial charge in [0.1, 0.15) is 0 Å². The van der Waals surface area contributed by atoms with Crippen molar-refractivity contribution in [3.05, 3.63) is 34.5 Å². The van der Waals surface area contributed by atoms with E-state index < -0.39 is 11.9 Å². The van der Waals surface area contributed by atoms with E-state index in [0.717, 1.165) is 18.4 Å². The molecule has 2 aromatic rings. The smallest absolute Gasteiger partial charge is 0.335 e. The molecule has 134 valence electrons.